The van der Waals surface area contributed by atoms with Crippen molar-refractivity contribution in [3.8, 4) is 0 Å². The van der Waals surface area contributed by atoms with Gasteiger partial charge in [0.05, 0.1) is 0 Å². The lowest BCUT2D eigenvalue weighted by Gasteiger charge is -2.53. The molecule has 0 aromatic heterocycles. The van der Waals surface area contributed by atoms with E-state index in [2.05, 4.69) is 22.0 Å². The van der Waals surface area contributed by atoms with E-state index in [1.54, 1.807) is 26.0 Å². The van der Waals surface area contributed by atoms with Crippen LogP contribution in [0.3, 0.4) is 0 Å². The normalized spacial score (nSPS) is 20.4. The van der Waals surface area contributed by atoms with E-state index >= 15 is 0 Å². The van der Waals surface area contributed by atoms with E-state index in [0.29, 0.717) is 6.54 Å². The second kappa shape index (κ2) is 5.51. The summed E-state index contributed by atoms with van der Waals surface area (Å²) in [5.41, 5.74) is 5.95. The smallest absolute Gasteiger partial charge is 0.170 e. The van der Waals surface area contributed by atoms with Crippen LogP contribution < -0.4 is 5.73 Å². The minimum atomic E-state index is -0.451. The fourth-order valence-electron chi connectivity index (χ4n) is 2.32. The largest absolute Gasteiger partial charge is 0.353 e. The molecule has 1 saturated carbocycles. The highest BCUT2D eigenvalue weighted by Gasteiger charge is 2.56. The molecule has 0 aliphatic heterocycles. The summed E-state index contributed by atoms with van der Waals surface area (Å²) >= 11 is 5.38. The van der Waals surface area contributed by atoms with Crippen LogP contribution in [0.15, 0.2) is 33.6 Å². The van der Waals surface area contributed by atoms with Crippen molar-refractivity contribution in [2.24, 2.45) is 5.73 Å². The maximum absolute atomic E-state index is 5.95. The highest BCUT2D eigenvalue weighted by atomic mass is 79.9. The Balaban J connectivity index is 2.11. The van der Waals surface area contributed by atoms with E-state index in [1.165, 1.54) is 4.90 Å². The van der Waals surface area contributed by atoms with Gasteiger partial charge >= 0.3 is 0 Å². The van der Waals surface area contributed by atoms with E-state index in [9.17, 15) is 0 Å². The van der Waals surface area contributed by atoms with Gasteiger partial charge in [0.1, 0.15) is 0 Å². The van der Waals surface area contributed by atoms with E-state index in [-0.39, 0.29) is 4.75 Å². The Morgan fingerprint density at radius 3 is 2.39 bits per heavy atom. The Morgan fingerprint density at radius 2 is 1.89 bits per heavy atom. The fraction of sp³-hybridized carbons (Fsp3) is 0.538. The van der Waals surface area contributed by atoms with Crippen molar-refractivity contribution in [2.45, 2.75) is 28.3 Å². The van der Waals surface area contributed by atoms with Crippen LogP contribution in [0, 0.1) is 0 Å². The summed E-state index contributed by atoms with van der Waals surface area (Å²) in [6.07, 6.45) is 1.63. The SMILES string of the molecule is COC1(OC)CC(CN)(Sc2ccccc2Br)C1. The lowest BCUT2D eigenvalue weighted by Crippen LogP contribution is -2.60. The van der Waals surface area contributed by atoms with Crippen molar-refractivity contribution in [1.29, 1.82) is 0 Å². The lowest BCUT2D eigenvalue weighted by atomic mass is 9.77. The van der Waals surface area contributed by atoms with Gasteiger partial charge in [-0.2, -0.15) is 0 Å². The number of methoxy groups -OCH3 is 2. The molecule has 0 spiro atoms. The minimum absolute atomic E-state index is 0.00981. The lowest BCUT2D eigenvalue weighted by molar-refractivity contribution is -0.260. The molecule has 1 aliphatic rings. The molecule has 2 N–H and O–H groups in total. The van der Waals surface area contributed by atoms with Crippen LogP contribution in [-0.4, -0.2) is 31.3 Å². The number of ether oxygens (including phenoxy) is 2. The molecule has 0 saturated heterocycles. The average molecular weight is 332 g/mol. The first kappa shape index (κ1) is 14.3. The Morgan fingerprint density at radius 1 is 1.28 bits per heavy atom. The van der Waals surface area contributed by atoms with E-state index < -0.39 is 5.79 Å². The molecule has 1 aliphatic carbocycles. The second-order valence-electron chi connectivity index (χ2n) is 4.59. The van der Waals surface area contributed by atoms with Gasteiger partial charge in [0.2, 0.25) is 0 Å². The predicted molar refractivity (Wildman–Crippen MR) is 77.8 cm³/mol. The molecule has 0 unspecified atom stereocenters. The topological polar surface area (TPSA) is 44.5 Å². The number of halogens is 1. The van der Waals surface area contributed by atoms with Gasteiger partial charge in [0.15, 0.2) is 5.79 Å². The molecule has 0 atom stereocenters. The fourth-order valence-corrected chi connectivity index (χ4v) is 4.29. The van der Waals surface area contributed by atoms with Crippen LogP contribution in [0.2, 0.25) is 0 Å². The van der Waals surface area contributed by atoms with Crippen LogP contribution in [0.5, 0.6) is 0 Å². The average Bonchev–Trinajstić information content (AvgIpc) is 2.36. The molecule has 2 rings (SSSR count). The summed E-state index contributed by atoms with van der Waals surface area (Å²) in [5, 5.41) is 0. The summed E-state index contributed by atoms with van der Waals surface area (Å²) < 4.78 is 12.0. The summed E-state index contributed by atoms with van der Waals surface area (Å²) in [6, 6.07) is 8.20. The van der Waals surface area contributed by atoms with Crippen molar-refractivity contribution in [1.82, 2.24) is 0 Å². The third-order valence-electron chi connectivity index (χ3n) is 3.46. The number of hydrogen-bond acceptors (Lipinski definition) is 4. The number of thioether (sulfide) groups is 1. The first-order valence-corrected chi connectivity index (χ1v) is 7.43. The highest BCUT2D eigenvalue weighted by Crippen LogP contribution is 2.54. The van der Waals surface area contributed by atoms with Crippen molar-refractivity contribution in [2.75, 3.05) is 20.8 Å². The number of benzene rings is 1. The summed E-state index contributed by atoms with van der Waals surface area (Å²) in [6.45, 7) is 0.619. The van der Waals surface area contributed by atoms with Crippen molar-refractivity contribution >= 4 is 27.7 Å². The van der Waals surface area contributed by atoms with Crippen LogP contribution >= 0.6 is 27.7 Å². The molecule has 0 bridgehead atoms. The molecule has 0 radical (unpaired) electrons. The molecule has 1 fully saturated rings. The van der Waals surface area contributed by atoms with Gasteiger partial charge in [-0.1, -0.05) is 12.1 Å². The summed E-state index contributed by atoms with van der Waals surface area (Å²) in [7, 11) is 3.38. The number of hydrogen-bond donors (Lipinski definition) is 1. The van der Waals surface area contributed by atoms with Gasteiger partial charge in [0.25, 0.3) is 0 Å². The monoisotopic (exact) mass is 331 g/mol. The summed E-state index contributed by atoms with van der Waals surface area (Å²) in [4.78, 5) is 1.21. The zero-order valence-electron chi connectivity index (χ0n) is 10.6. The van der Waals surface area contributed by atoms with Crippen LogP contribution in [0.1, 0.15) is 12.8 Å². The van der Waals surface area contributed by atoms with Crippen LogP contribution in [-0.2, 0) is 9.47 Å². The van der Waals surface area contributed by atoms with Gasteiger partial charge in [0, 0.05) is 47.7 Å². The maximum atomic E-state index is 5.95. The quantitative estimate of drug-likeness (QED) is 0.842. The zero-order valence-corrected chi connectivity index (χ0v) is 13.0. The highest BCUT2D eigenvalue weighted by molar-refractivity contribution is 9.10. The molecule has 5 heteroatoms. The van der Waals surface area contributed by atoms with Crippen LogP contribution in [0.4, 0.5) is 0 Å². The molecule has 3 nitrogen and oxygen atoms in total. The van der Waals surface area contributed by atoms with Crippen molar-refractivity contribution in [3.63, 3.8) is 0 Å². The van der Waals surface area contributed by atoms with E-state index in [4.69, 9.17) is 15.2 Å². The minimum Gasteiger partial charge on any atom is -0.353 e. The third-order valence-corrected chi connectivity index (χ3v) is 5.88. The molecule has 1 aromatic rings. The predicted octanol–water partition coefficient (Wildman–Crippen LogP) is 3.02. The van der Waals surface area contributed by atoms with E-state index in [1.807, 2.05) is 18.2 Å². The Labute approximate surface area is 121 Å². The zero-order chi connectivity index (χ0) is 13.2. The standard InChI is InChI=1S/C13H18BrNO2S/c1-16-13(17-2)7-12(8-13,9-15)18-11-6-4-3-5-10(11)14/h3-6H,7-9,15H2,1-2H3. The van der Waals surface area contributed by atoms with Gasteiger partial charge in [-0.25, -0.2) is 0 Å². The number of rotatable bonds is 5. The molecule has 0 heterocycles. The van der Waals surface area contributed by atoms with Gasteiger partial charge in [-0.05, 0) is 28.1 Å². The Bertz CT molecular complexity index is 415. The first-order valence-electron chi connectivity index (χ1n) is 5.83. The van der Waals surface area contributed by atoms with Gasteiger partial charge < -0.3 is 15.2 Å². The number of nitrogens with two attached hydrogens (primary N) is 1. The Hall–Kier alpha value is -0.0700. The molecule has 0 amide bonds. The van der Waals surface area contributed by atoms with Gasteiger partial charge in [-0.3, -0.25) is 0 Å². The van der Waals surface area contributed by atoms with E-state index in [0.717, 1.165) is 17.3 Å². The Kier molecular flexibility index (Phi) is 4.39. The molecule has 18 heavy (non-hydrogen) atoms. The first-order chi connectivity index (χ1) is 8.59. The summed E-state index contributed by atoms with van der Waals surface area (Å²) in [5.74, 6) is -0.451. The molecular weight excluding hydrogens is 314 g/mol. The van der Waals surface area contributed by atoms with Crippen LogP contribution in [0.25, 0.3) is 0 Å². The third kappa shape index (κ3) is 2.60. The van der Waals surface area contributed by atoms with Crippen molar-refractivity contribution < 1.29 is 9.47 Å². The molecule has 100 valence electrons. The van der Waals surface area contributed by atoms with Gasteiger partial charge in [-0.15, -0.1) is 11.8 Å². The van der Waals surface area contributed by atoms with Crippen molar-refractivity contribution in [3.05, 3.63) is 28.7 Å². The maximum Gasteiger partial charge on any atom is 0.170 e. The molecular formula is C13H18BrNO2S. The molecule has 1 aromatic carbocycles. The second-order valence-corrected chi connectivity index (χ2v) is 6.96.